The Morgan fingerprint density at radius 3 is 2.32 bits per heavy atom. The lowest BCUT2D eigenvalue weighted by Gasteiger charge is -2.35. The molecule has 1 aliphatic rings. The Morgan fingerprint density at radius 1 is 0.878 bits per heavy atom. The Hall–Kier alpha value is -1.91. The van der Waals surface area contributed by atoms with Crippen molar-refractivity contribution < 1.29 is 9.53 Å². The second kappa shape index (κ2) is 20.9. The minimum Gasteiger partial charge on any atom is -0.426 e. The van der Waals surface area contributed by atoms with Crippen LogP contribution in [0, 0.1) is 0 Å². The SMILES string of the molecule is CCCCCCCC/C=C\CCCCCCCC(=O)Oc1cccc2c1CC[C@H](N(CCC)CCc1cccs1)C2. The number of esters is 1. The van der Waals surface area contributed by atoms with Gasteiger partial charge in [0.2, 0.25) is 0 Å². The number of fused-ring (bicyclic) bond motifs is 1. The third kappa shape index (κ3) is 13.3. The second-order valence-corrected chi connectivity index (χ2v) is 13.0. The molecule has 0 N–H and O–H groups in total. The van der Waals surface area contributed by atoms with Crippen LogP contribution in [0.1, 0.15) is 133 Å². The number of hydrogen-bond acceptors (Lipinski definition) is 4. The first-order valence-electron chi connectivity index (χ1n) is 16.9. The molecule has 228 valence electrons. The minimum atomic E-state index is -0.0679. The molecule has 0 saturated heterocycles. The number of hydrogen-bond donors (Lipinski definition) is 0. The second-order valence-electron chi connectivity index (χ2n) is 12.0. The van der Waals surface area contributed by atoms with Crippen molar-refractivity contribution >= 4 is 17.3 Å². The van der Waals surface area contributed by atoms with E-state index in [-0.39, 0.29) is 5.97 Å². The Morgan fingerprint density at radius 2 is 1.61 bits per heavy atom. The molecule has 3 nitrogen and oxygen atoms in total. The van der Waals surface area contributed by atoms with E-state index in [1.807, 2.05) is 17.4 Å². The van der Waals surface area contributed by atoms with E-state index in [2.05, 4.69) is 60.5 Å². The van der Waals surface area contributed by atoms with Crippen LogP contribution in [0.2, 0.25) is 0 Å². The van der Waals surface area contributed by atoms with E-state index in [9.17, 15) is 4.79 Å². The van der Waals surface area contributed by atoms with Gasteiger partial charge in [-0.2, -0.15) is 0 Å². The van der Waals surface area contributed by atoms with Crippen LogP contribution < -0.4 is 4.74 Å². The van der Waals surface area contributed by atoms with E-state index >= 15 is 0 Å². The van der Waals surface area contributed by atoms with E-state index in [1.54, 1.807) is 0 Å². The largest absolute Gasteiger partial charge is 0.426 e. The van der Waals surface area contributed by atoms with Gasteiger partial charge in [-0.05, 0) is 99.4 Å². The van der Waals surface area contributed by atoms with Gasteiger partial charge in [0.15, 0.2) is 0 Å². The highest BCUT2D eigenvalue weighted by Crippen LogP contribution is 2.32. The standard InChI is InChI=1S/C37H57NO2S/c1-3-5-6-7-8-9-10-11-12-13-14-15-16-17-18-24-37(39)40-36-23-19-21-32-31-33(25-26-35(32)36)38(28-4-2)29-27-34-22-20-30-41-34/h11-12,19-23,30,33H,3-10,13-18,24-29,31H2,1-2H3/b12-11-/t33-/m0/s1. The maximum Gasteiger partial charge on any atom is 0.311 e. The van der Waals surface area contributed by atoms with Crippen LogP contribution in [0.15, 0.2) is 47.9 Å². The van der Waals surface area contributed by atoms with E-state index in [4.69, 9.17) is 4.74 Å². The van der Waals surface area contributed by atoms with E-state index in [0.717, 1.165) is 57.4 Å². The molecule has 0 aliphatic heterocycles. The third-order valence-corrected chi connectivity index (χ3v) is 9.47. The van der Waals surface area contributed by atoms with Crippen LogP contribution >= 0.6 is 11.3 Å². The summed E-state index contributed by atoms with van der Waals surface area (Å²) < 4.78 is 5.91. The van der Waals surface area contributed by atoms with Gasteiger partial charge >= 0.3 is 5.97 Å². The highest BCUT2D eigenvalue weighted by molar-refractivity contribution is 7.09. The molecular weight excluding hydrogens is 522 g/mol. The first-order chi connectivity index (χ1) is 20.2. The highest BCUT2D eigenvalue weighted by Gasteiger charge is 2.26. The average molecular weight is 580 g/mol. The van der Waals surface area contributed by atoms with Crippen molar-refractivity contribution in [1.82, 2.24) is 4.90 Å². The Labute approximate surface area is 255 Å². The van der Waals surface area contributed by atoms with Gasteiger partial charge in [-0.15, -0.1) is 11.3 Å². The molecule has 0 spiro atoms. The van der Waals surface area contributed by atoms with Crippen molar-refractivity contribution in [2.24, 2.45) is 0 Å². The quantitative estimate of drug-likeness (QED) is 0.0601. The van der Waals surface area contributed by atoms with Gasteiger partial charge in [0.05, 0.1) is 0 Å². The summed E-state index contributed by atoms with van der Waals surface area (Å²) in [6.45, 7) is 6.83. The number of ether oxygens (including phenoxy) is 1. The molecule has 4 heteroatoms. The van der Waals surface area contributed by atoms with Crippen molar-refractivity contribution in [3.63, 3.8) is 0 Å². The lowest BCUT2D eigenvalue weighted by Crippen LogP contribution is -2.41. The number of carbonyl (C=O) groups excluding carboxylic acids is 1. The normalized spacial score (nSPS) is 15.0. The zero-order chi connectivity index (χ0) is 29.0. The van der Waals surface area contributed by atoms with Gasteiger partial charge in [-0.25, -0.2) is 0 Å². The summed E-state index contributed by atoms with van der Waals surface area (Å²) in [7, 11) is 0. The van der Waals surface area contributed by atoms with E-state index in [0.29, 0.717) is 12.5 Å². The summed E-state index contributed by atoms with van der Waals surface area (Å²) in [6.07, 6.45) is 27.3. The third-order valence-electron chi connectivity index (χ3n) is 8.53. The Kier molecular flexibility index (Phi) is 17.1. The molecule has 0 bridgehead atoms. The molecular formula is C37H57NO2S. The molecule has 0 fully saturated rings. The van der Waals surface area contributed by atoms with Gasteiger partial charge in [0, 0.05) is 23.9 Å². The lowest BCUT2D eigenvalue weighted by atomic mass is 9.86. The zero-order valence-electron chi connectivity index (χ0n) is 26.2. The number of carbonyl (C=O) groups is 1. The number of rotatable bonds is 22. The lowest BCUT2D eigenvalue weighted by molar-refractivity contribution is -0.134. The van der Waals surface area contributed by atoms with Crippen molar-refractivity contribution in [3.05, 3.63) is 63.9 Å². The van der Waals surface area contributed by atoms with E-state index in [1.165, 1.54) is 93.1 Å². The van der Waals surface area contributed by atoms with E-state index < -0.39 is 0 Å². The molecule has 41 heavy (non-hydrogen) atoms. The predicted octanol–water partition coefficient (Wildman–Crippen LogP) is 10.5. The van der Waals surface area contributed by atoms with Crippen LogP contribution in [0.4, 0.5) is 0 Å². The van der Waals surface area contributed by atoms with Gasteiger partial charge < -0.3 is 4.74 Å². The molecule has 1 aromatic heterocycles. The zero-order valence-corrected chi connectivity index (χ0v) is 27.0. The first kappa shape index (κ1) is 33.6. The van der Waals surface area contributed by atoms with Crippen LogP contribution in [0.5, 0.6) is 5.75 Å². The fourth-order valence-corrected chi connectivity index (χ4v) is 6.84. The van der Waals surface area contributed by atoms with Crippen LogP contribution in [-0.2, 0) is 24.1 Å². The number of allylic oxidation sites excluding steroid dienone is 2. The van der Waals surface area contributed by atoms with Crippen LogP contribution in [0.25, 0.3) is 0 Å². The summed E-state index contributed by atoms with van der Waals surface area (Å²) in [4.78, 5) is 16.8. The van der Waals surface area contributed by atoms with Crippen LogP contribution in [0.3, 0.4) is 0 Å². The molecule has 0 radical (unpaired) electrons. The summed E-state index contributed by atoms with van der Waals surface area (Å²) in [5, 5.41) is 2.18. The summed E-state index contributed by atoms with van der Waals surface area (Å²) in [6, 6.07) is 11.3. The molecule has 1 aliphatic carbocycles. The highest BCUT2D eigenvalue weighted by atomic mass is 32.1. The van der Waals surface area contributed by atoms with Gasteiger partial charge in [0.1, 0.15) is 5.75 Å². The van der Waals surface area contributed by atoms with Crippen molar-refractivity contribution in [3.8, 4) is 5.75 Å². The number of benzene rings is 1. The Balaban J connectivity index is 1.29. The smallest absolute Gasteiger partial charge is 0.311 e. The van der Waals surface area contributed by atoms with Crippen LogP contribution in [-0.4, -0.2) is 30.0 Å². The monoisotopic (exact) mass is 579 g/mol. The topological polar surface area (TPSA) is 29.5 Å². The van der Waals surface area contributed by atoms with Crippen molar-refractivity contribution in [2.45, 2.75) is 142 Å². The molecule has 1 aromatic carbocycles. The molecule has 0 unspecified atom stereocenters. The van der Waals surface area contributed by atoms with Gasteiger partial charge in [-0.1, -0.05) is 95.6 Å². The fourth-order valence-electron chi connectivity index (χ4n) is 6.15. The van der Waals surface area contributed by atoms with Crippen molar-refractivity contribution in [2.75, 3.05) is 13.1 Å². The summed E-state index contributed by atoms with van der Waals surface area (Å²) in [5.74, 6) is 0.737. The predicted molar refractivity (Wildman–Crippen MR) is 177 cm³/mol. The molecule has 0 amide bonds. The minimum absolute atomic E-state index is 0.0679. The fraction of sp³-hybridized carbons (Fsp3) is 0.649. The Bertz CT molecular complexity index is 983. The molecule has 3 rings (SSSR count). The van der Waals surface area contributed by atoms with Crippen molar-refractivity contribution in [1.29, 1.82) is 0 Å². The molecule has 0 saturated carbocycles. The summed E-state index contributed by atoms with van der Waals surface area (Å²) in [5.41, 5.74) is 2.63. The van der Waals surface area contributed by atoms with Gasteiger partial charge in [0.25, 0.3) is 0 Å². The molecule has 1 atom stereocenters. The maximum absolute atomic E-state index is 12.6. The number of thiophene rings is 1. The molecule has 2 aromatic rings. The molecule has 1 heterocycles. The number of unbranched alkanes of at least 4 members (excludes halogenated alkanes) is 11. The number of nitrogens with zero attached hydrogens (tertiary/aromatic N) is 1. The average Bonchev–Trinajstić information content (AvgIpc) is 3.51. The summed E-state index contributed by atoms with van der Waals surface area (Å²) >= 11 is 1.86. The van der Waals surface area contributed by atoms with Gasteiger partial charge in [-0.3, -0.25) is 9.69 Å². The maximum atomic E-state index is 12.6. The first-order valence-corrected chi connectivity index (χ1v) is 17.8.